The summed E-state index contributed by atoms with van der Waals surface area (Å²) in [6, 6.07) is 13.6. The fourth-order valence-corrected chi connectivity index (χ4v) is 3.71. The first kappa shape index (κ1) is 14.4. The van der Waals surface area contributed by atoms with Crippen molar-refractivity contribution in [3.8, 4) is 0 Å². The van der Waals surface area contributed by atoms with E-state index < -0.39 is 0 Å². The maximum Gasteiger partial charge on any atom is 0.0569 e. The normalized spacial score (nSPS) is 12.9. The van der Waals surface area contributed by atoms with Gasteiger partial charge in [-0.2, -0.15) is 0 Å². The third-order valence-corrected chi connectivity index (χ3v) is 5.00. The van der Waals surface area contributed by atoms with Crippen LogP contribution in [0.15, 0.2) is 42.6 Å². The van der Waals surface area contributed by atoms with Crippen molar-refractivity contribution >= 4 is 22.2 Å². The van der Waals surface area contributed by atoms with Crippen LogP contribution in [0, 0.1) is 0 Å². The molecule has 1 atom stereocenters. The molecule has 2 aromatic heterocycles. The molecule has 0 fully saturated rings. The molecule has 21 heavy (non-hydrogen) atoms. The van der Waals surface area contributed by atoms with Crippen LogP contribution in [0.25, 0.3) is 10.9 Å². The molecule has 0 aliphatic heterocycles. The average Bonchev–Trinajstić information content (AvgIpc) is 3.06. The number of hydrogen-bond donors (Lipinski definition) is 1. The smallest absolute Gasteiger partial charge is 0.0569 e. The van der Waals surface area contributed by atoms with Crippen molar-refractivity contribution in [1.82, 2.24) is 4.57 Å². The summed E-state index contributed by atoms with van der Waals surface area (Å²) in [5.41, 5.74) is 8.51. The monoisotopic (exact) mass is 298 g/mol. The molecular formula is C18H22N2S. The lowest BCUT2D eigenvalue weighted by molar-refractivity contribution is 0.738. The predicted molar refractivity (Wildman–Crippen MR) is 92.1 cm³/mol. The van der Waals surface area contributed by atoms with Gasteiger partial charge >= 0.3 is 0 Å². The third-order valence-electron chi connectivity index (χ3n) is 3.79. The van der Waals surface area contributed by atoms with E-state index in [0.717, 1.165) is 19.4 Å². The Hall–Kier alpha value is -1.58. The largest absolute Gasteiger partial charge is 0.342 e. The number of aryl methyl sites for hydroxylation is 1. The fraction of sp³-hybridized carbons (Fsp3) is 0.333. The van der Waals surface area contributed by atoms with Crippen molar-refractivity contribution in [2.75, 3.05) is 0 Å². The SMILES string of the molecule is CCc1ccc(Cn2ccc3cc(CC(C)N)ccc32)s1. The summed E-state index contributed by atoms with van der Waals surface area (Å²) >= 11 is 1.91. The van der Waals surface area contributed by atoms with Crippen molar-refractivity contribution in [2.24, 2.45) is 5.73 Å². The minimum absolute atomic E-state index is 0.211. The summed E-state index contributed by atoms with van der Waals surface area (Å²) in [6.07, 6.45) is 4.25. The zero-order valence-corrected chi connectivity index (χ0v) is 13.5. The zero-order chi connectivity index (χ0) is 14.8. The number of aromatic nitrogens is 1. The Morgan fingerprint density at radius 2 is 1.95 bits per heavy atom. The second-order valence-electron chi connectivity index (χ2n) is 5.74. The van der Waals surface area contributed by atoms with Gasteiger partial charge in [-0.05, 0) is 61.0 Å². The number of thiophene rings is 1. The summed E-state index contributed by atoms with van der Waals surface area (Å²) in [5.74, 6) is 0. The van der Waals surface area contributed by atoms with Crippen LogP contribution in [-0.2, 0) is 19.4 Å². The van der Waals surface area contributed by atoms with Gasteiger partial charge in [-0.15, -0.1) is 11.3 Å². The van der Waals surface area contributed by atoms with E-state index >= 15 is 0 Å². The number of benzene rings is 1. The van der Waals surface area contributed by atoms with Crippen molar-refractivity contribution in [1.29, 1.82) is 0 Å². The van der Waals surface area contributed by atoms with Gasteiger partial charge in [-0.25, -0.2) is 0 Å². The molecule has 1 aromatic carbocycles. The molecule has 0 amide bonds. The first-order valence-corrected chi connectivity index (χ1v) is 8.38. The maximum absolute atomic E-state index is 5.89. The molecule has 3 heteroatoms. The molecule has 0 saturated heterocycles. The van der Waals surface area contributed by atoms with E-state index in [4.69, 9.17) is 5.73 Å². The van der Waals surface area contributed by atoms with Crippen molar-refractivity contribution in [3.63, 3.8) is 0 Å². The molecule has 2 N–H and O–H groups in total. The maximum atomic E-state index is 5.89. The lowest BCUT2D eigenvalue weighted by atomic mass is 10.1. The minimum Gasteiger partial charge on any atom is -0.342 e. The Morgan fingerprint density at radius 3 is 2.67 bits per heavy atom. The van der Waals surface area contributed by atoms with E-state index in [-0.39, 0.29) is 6.04 Å². The van der Waals surface area contributed by atoms with E-state index in [1.54, 1.807) is 0 Å². The second kappa shape index (κ2) is 6.04. The Bertz CT molecular complexity index is 737. The minimum atomic E-state index is 0.211. The molecule has 3 aromatic rings. The fourth-order valence-electron chi connectivity index (χ4n) is 2.75. The van der Waals surface area contributed by atoms with Crippen LogP contribution in [0.3, 0.4) is 0 Å². The Kier molecular flexibility index (Phi) is 4.13. The molecule has 0 radical (unpaired) electrons. The van der Waals surface area contributed by atoms with Crippen molar-refractivity contribution in [2.45, 2.75) is 39.3 Å². The van der Waals surface area contributed by atoms with Crippen LogP contribution in [0.2, 0.25) is 0 Å². The van der Waals surface area contributed by atoms with E-state index in [9.17, 15) is 0 Å². The molecule has 1 unspecified atom stereocenters. The second-order valence-corrected chi connectivity index (χ2v) is 6.99. The van der Waals surface area contributed by atoms with Gasteiger partial charge < -0.3 is 10.3 Å². The lowest BCUT2D eigenvalue weighted by Gasteiger charge is -2.07. The van der Waals surface area contributed by atoms with Gasteiger partial charge in [0.15, 0.2) is 0 Å². The molecule has 0 saturated carbocycles. The van der Waals surface area contributed by atoms with Crippen LogP contribution in [-0.4, -0.2) is 10.6 Å². The van der Waals surface area contributed by atoms with Crippen LogP contribution in [0.1, 0.15) is 29.2 Å². The molecule has 0 bridgehead atoms. The Balaban J connectivity index is 1.86. The molecule has 2 nitrogen and oxygen atoms in total. The molecule has 0 spiro atoms. The number of fused-ring (bicyclic) bond motifs is 1. The summed E-state index contributed by atoms with van der Waals surface area (Å²) in [4.78, 5) is 2.88. The molecule has 0 aliphatic rings. The highest BCUT2D eigenvalue weighted by molar-refractivity contribution is 7.11. The summed E-state index contributed by atoms with van der Waals surface area (Å²) < 4.78 is 2.33. The predicted octanol–water partition coefficient (Wildman–Crippen LogP) is 4.20. The third kappa shape index (κ3) is 3.20. The van der Waals surface area contributed by atoms with Gasteiger partial charge in [-0.1, -0.05) is 13.0 Å². The Morgan fingerprint density at radius 1 is 1.14 bits per heavy atom. The number of nitrogens with zero attached hydrogens (tertiary/aromatic N) is 1. The number of hydrogen-bond acceptors (Lipinski definition) is 2. The van der Waals surface area contributed by atoms with E-state index in [2.05, 4.69) is 61.0 Å². The van der Waals surface area contributed by atoms with E-state index in [1.807, 2.05) is 11.3 Å². The van der Waals surface area contributed by atoms with Crippen LogP contribution >= 0.6 is 11.3 Å². The molecule has 0 aliphatic carbocycles. The van der Waals surface area contributed by atoms with Crippen molar-refractivity contribution < 1.29 is 0 Å². The van der Waals surface area contributed by atoms with E-state index in [0.29, 0.717) is 0 Å². The quantitative estimate of drug-likeness (QED) is 0.752. The molecule has 110 valence electrons. The van der Waals surface area contributed by atoms with Gasteiger partial charge in [0, 0.05) is 27.5 Å². The molecular weight excluding hydrogens is 276 g/mol. The lowest BCUT2D eigenvalue weighted by Crippen LogP contribution is -2.17. The average molecular weight is 298 g/mol. The number of nitrogens with two attached hydrogens (primary N) is 1. The first-order chi connectivity index (χ1) is 10.2. The summed E-state index contributed by atoms with van der Waals surface area (Å²) in [7, 11) is 0. The highest BCUT2D eigenvalue weighted by Crippen LogP contribution is 2.23. The van der Waals surface area contributed by atoms with Gasteiger partial charge in [0.2, 0.25) is 0 Å². The van der Waals surface area contributed by atoms with Gasteiger partial charge in [0.05, 0.1) is 6.54 Å². The van der Waals surface area contributed by atoms with Crippen LogP contribution in [0.5, 0.6) is 0 Å². The van der Waals surface area contributed by atoms with Gasteiger partial charge in [0.1, 0.15) is 0 Å². The van der Waals surface area contributed by atoms with Crippen LogP contribution < -0.4 is 5.73 Å². The van der Waals surface area contributed by atoms with Crippen molar-refractivity contribution in [3.05, 3.63) is 57.9 Å². The molecule has 2 heterocycles. The van der Waals surface area contributed by atoms with Gasteiger partial charge in [-0.3, -0.25) is 0 Å². The zero-order valence-electron chi connectivity index (χ0n) is 12.7. The topological polar surface area (TPSA) is 30.9 Å². The summed E-state index contributed by atoms with van der Waals surface area (Å²) in [6.45, 7) is 5.22. The standard InChI is InChI=1S/C18H22N2S/c1-3-16-5-6-17(21-16)12-20-9-8-15-11-14(10-13(2)19)4-7-18(15)20/h4-9,11,13H,3,10,12,19H2,1-2H3. The molecule has 3 rings (SSSR count). The summed E-state index contributed by atoms with van der Waals surface area (Å²) in [5, 5.41) is 1.31. The van der Waals surface area contributed by atoms with Crippen LogP contribution in [0.4, 0.5) is 0 Å². The Labute approximate surface area is 130 Å². The number of rotatable bonds is 5. The van der Waals surface area contributed by atoms with Gasteiger partial charge in [0.25, 0.3) is 0 Å². The van der Waals surface area contributed by atoms with E-state index in [1.165, 1.54) is 26.2 Å². The first-order valence-electron chi connectivity index (χ1n) is 7.56. The highest BCUT2D eigenvalue weighted by Gasteiger charge is 2.06. The highest BCUT2D eigenvalue weighted by atomic mass is 32.1.